The molecule has 5 heteroatoms. The molecule has 112 valence electrons. The van der Waals surface area contributed by atoms with Crippen LogP contribution < -0.4 is 10.5 Å². The summed E-state index contributed by atoms with van der Waals surface area (Å²) in [6.07, 6.45) is 2.49. The molecule has 2 aromatic carbocycles. The fraction of sp³-hybridized carbons (Fsp3) is 0.0588. The summed E-state index contributed by atoms with van der Waals surface area (Å²) >= 11 is 0. The van der Waals surface area contributed by atoms with Crippen molar-refractivity contribution < 1.29 is 19.4 Å². The number of anilines is 1. The van der Waals surface area contributed by atoms with Crippen LogP contribution in [0.5, 0.6) is 5.75 Å². The van der Waals surface area contributed by atoms with Crippen LogP contribution in [0.15, 0.2) is 54.6 Å². The van der Waals surface area contributed by atoms with Crippen LogP contribution in [0.1, 0.15) is 15.9 Å². The van der Waals surface area contributed by atoms with E-state index in [4.69, 9.17) is 15.6 Å². The van der Waals surface area contributed by atoms with Gasteiger partial charge < -0.3 is 15.6 Å². The number of Topliss-reactive ketones (excluding diaryl/α,β-unsaturated/α-hetero) is 1. The maximum absolute atomic E-state index is 12.0. The maximum atomic E-state index is 12.0. The van der Waals surface area contributed by atoms with Gasteiger partial charge in [-0.05, 0) is 35.9 Å². The number of hydrogen-bond donors (Lipinski definition) is 2. The number of rotatable bonds is 6. The molecule has 22 heavy (non-hydrogen) atoms. The quantitative estimate of drug-likeness (QED) is 0.486. The highest BCUT2D eigenvalue weighted by Gasteiger charge is 2.07. The Bertz CT molecular complexity index is 722. The number of benzene rings is 2. The molecule has 0 atom stereocenters. The molecule has 0 bridgehead atoms. The second-order valence-corrected chi connectivity index (χ2v) is 4.58. The normalized spacial score (nSPS) is 10.5. The molecule has 2 aromatic rings. The SMILES string of the molecule is Nc1cccc(C(=O)COc2cccc(/C=C/C(=O)O)c2)c1. The molecular formula is C17H15NO4. The van der Waals surface area contributed by atoms with Crippen molar-refractivity contribution in [3.63, 3.8) is 0 Å². The van der Waals surface area contributed by atoms with E-state index in [9.17, 15) is 9.59 Å². The lowest BCUT2D eigenvalue weighted by molar-refractivity contribution is -0.131. The van der Waals surface area contributed by atoms with Crippen LogP contribution >= 0.6 is 0 Å². The number of carboxylic acid groups (broad SMARTS) is 1. The summed E-state index contributed by atoms with van der Waals surface area (Å²) in [6, 6.07) is 13.5. The number of hydrogen-bond acceptors (Lipinski definition) is 4. The molecule has 0 aromatic heterocycles. The Kier molecular flexibility index (Phi) is 4.93. The van der Waals surface area contributed by atoms with Crippen LogP contribution in [0.3, 0.4) is 0 Å². The first-order chi connectivity index (χ1) is 10.5. The van der Waals surface area contributed by atoms with Gasteiger partial charge in [0.25, 0.3) is 0 Å². The molecule has 0 fully saturated rings. The lowest BCUT2D eigenvalue weighted by Crippen LogP contribution is -2.11. The summed E-state index contributed by atoms with van der Waals surface area (Å²) in [5.41, 5.74) is 7.32. The van der Waals surface area contributed by atoms with Crippen LogP contribution in [0.4, 0.5) is 5.69 Å². The van der Waals surface area contributed by atoms with Crippen molar-refractivity contribution in [1.82, 2.24) is 0 Å². The minimum atomic E-state index is -1.02. The van der Waals surface area contributed by atoms with Crippen LogP contribution in [-0.4, -0.2) is 23.5 Å². The summed E-state index contributed by atoms with van der Waals surface area (Å²) in [6.45, 7) is -0.116. The summed E-state index contributed by atoms with van der Waals surface area (Å²) in [5, 5.41) is 8.60. The van der Waals surface area contributed by atoms with Crippen molar-refractivity contribution in [2.75, 3.05) is 12.3 Å². The van der Waals surface area contributed by atoms with Crippen molar-refractivity contribution >= 4 is 23.5 Å². The first kappa shape index (κ1) is 15.3. The van der Waals surface area contributed by atoms with Gasteiger partial charge in [0.1, 0.15) is 5.75 Å². The van der Waals surface area contributed by atoms with E-state index in [0.29, 0.717) is 22.6 Å². The number of aliphatic carboxylic acids is 1. The Morgan fingerprint density at radius 3 is 2.64 bits per heavy atom. The second kappa shape index (κ2) is 7.08. The molecule has 0 aliphatic rings. The van der Waals surface area contributed by atoms with E-state index in [1.807, 2.05) is 0 Å². The largest absolute Gasteiger partial charge is 0.485 e. The van der Waals surface area contributed by atoms with Gasteiger partial charge >= 0.3 is 5.97 Å². The molecule has 0 heterocycles. The van der Waals surface area contributed by atoms with E-state index >= 15 is 0 Å². The Morgan fingerprint density at radius 1 is 1.14 bits per heavy atom. The van der Waals surface area contributed by atoms with E-state index < -0.39 is 5.97 Å². The lowest BCUT2D eigenvalue weighted by atomic mass is 10.1. The zero-order valence-electron chi connectivity index (χ0n) is 11.7. The number of carbonyl (C=O) groups excluding carboxylic acids is 1. The molecule has 0 unspecified atom stereocenters. The molecule has 0 saturated carbocycles. The Hall–Kier alpha value is -3.08. The second-order valence-electron chi connectivity index (χ2n) is 4.58. The van der Waals surface area contributed by atoms with Gasteiger partial charge in [0.2, 0.25) is 0 Å². The van der Waals surface area contributed by atoms with Crippen molar-refractivity contribution in [3.05, 3.63) is 65.7 Å². The van der Waals surface area contributed by atoms with E-state index in [2.05, 4.69) is 0 Å². The van der Waals surface area contributed by atoms with Crippen LogP contribution in [0, 0.1) is 0 Å². The van der Waals surface area contributed by atoms with Crippen LogP contribution in [0.25, 0.3) is 6.08 Å². The predicted molar refractivity (Wildman–Crippen MR) is 83.8 cm³/mol. The third-order valence-electron chi connectivity index (χ3n) is 2.85. The summed E-state index contributed by atoms with van der Waals surface area (Å²) < 4.78 is 5.44. The zero-order chi connectivity index (χ0) is 15.9. The number of ether oxygens (including phenoxy) is 1. The van der Waals surface area contributed by atoms with Crippen molar-refractivity contribution in [3.8, 4) is 5.75 Å². The van der Waals surface area contributed by atoms with Gasteiger partial charge in [-0.1, -0.05) is 24.3 Å². The Morgan fingerprint density at radius 2 is 1.91 bits per heavy atom. The fourth-order valence-corrected chi connectivity index (χ4v) is 1.82. The molecule has 0 saturated heterocycles. The zero-order valence-corrected chi connectivity index (χ0v) is 11.7. The molecule has 2 rings (SSSR count). The maximum Gasteiger partial charge on any atom is 0.328 e. The smallest absolute Gasteiger partial charge is 0.328 e. The average Bonchev–Trinajstić information content (AvgIpc) is 2.51. The first-order valence-electron chi connectivity index (χ1n) is 6.57. The molecule has 3 N–H and O–H groups in total. The van der Waals surface area contributed by atoms with E-state index in [1.54, 1.807) is 48.5 Å². The molecule has 0 spiro atoms. The fourth-order valence-electron chi connectivity index (χ4n) is 1.82. The molecule has 0 radical (unpaired) electrons. The molecular weight excluding hydrogens is 282 g/mol. The van der Waals surface area contributed by atoms with E-state index in [-0.39, 0.29) is 12.4 Å². The lowest BCUT2D eigenvalue weighted by Gasteiger charge is -2.06. The third kappa shape index (κ3) is 4.49. The summed E-state index contributed by atoms with van der Waals surface area (Å²) in [5.74, 6) is -0.716. The van der Waals surface area contributed by atoms with Crippen molar-refractivity contribution in [1.29, 1.82) is 0 Å². The molecule has 0 aliphatic heterocycles. The predicted octanol–water partition coefficient (Wildman–Crippen LogP) is 2.63. The minimum Gasteiger partial charge on any atom is -0.485 e. The number of carboxylic acids is 1. The number of carbonyl (C=O) groups is 2. The number of ketones is 1. The van der Waals surface area contributed by atoms with Gasteiger partial charge in [0.15, 0.2) is 12.4 Å². The first-order valence-corrected chi connectivity index (χ1v) is 6.57. The van der Waals surface area contributed by atoms with Gasteiger partial charge in [0, 0.05) is 17.3 Å². The van der Waals surface area contributed by atoms with Gasteiger partial charge in [-0.2, -0.15) is 0 Å². The van der Waals surface area contributed by atoms with Gasteiger partial charge in [-0.3, -0.25) is 4.79 Å². The number of nitrogen functional groups attached to an aromatic ring is 1. The van der Waals surface area contributed by atoms with Crippen molar-refractivity contribution in [2.45, 2.75) is 0 Å². The summed E-state index contributed by atoms with van der Waals surface area (Å²) in [4.78, 5) is 22.5. The van der Waals surface area contributed by atoms with E-state index in [0.717, 1.165) is 6.08 Å². The van der Waals surface area contributed by atoms with Crippen molar-refractivity contribution in [2.24, 2.45) is 0 Å². The van der Waals surface area contributed by atoms with Crippen LogP contribution in [0.2, 0.25) is 0 Å². The topological polar surface area (TPSA) is 89.6 Å². The highest BCUT2D eigenvalue weighted by Crippen LogP contribution is 2.15. The highest BCUT2D eigenvalue weighted by atomic mass is 16.5. The van der Waals surface area contributed by atoms with Crippen LogP contribution in [-0.2, 0) is 4.79 Å². The molecule has 0 aliphatic carbocycles. The van der Waals surface area contributed by atoms with E-state index in [1.165, 1.54) is 6.08 Å². The average molecular weight is 297 g/mol. The monoisotopic (exact) mass is 297 g/mol. The third-order valence-corrected chi connectivity index (χ3v) is 2.85. The molecule has 5 nitrogen and oxygen atoms in total. The Labute approximate surface area is 127 Å². The Balaban J connectivity index is 2.01. The summed E-state index contributed by atoms with van der Waals surface area (Å²) in [7, 11) is 0. The highest BCUT2D eigenvalue weighted by molar-refractivity contribution is 5.98. The number of nitrogens with two attached hydrogens (primary N) is 1. The van der Waals surface area contributed by atoms with Gasteiger partial charge in [-0.15, -0.1) is 0 Å². The van der Waals surface area contributed by atoms with Gasteiger partial charge in [-0.25, -0.2) is 4.79 Å². The minimum absolute atomic E-state index is 0.116. The molecule has 0 amide bonds. The standard InChI is InChI=1S/C17H15NO4/c18-14-5-2-4-13(10-14)16(19)11-22-15-6-1-3-12(9-15)7-8-17(20)21/h1-10H,11,18H2,(H,20,21)/b8-7+. The van der Waals surface area contributed by atoms with Gasteiger partial charge in [0.05, 0.1) is 0 Å².